The number of hydrogen-bond donors (Lipinski definition) is 2. The molecule has 0 aliphatic carbocycles. The third-order valence-electron chi connectivity index (χ3n) is 2.93. The molecule has 1 aromatic rings. The largest absolute Gasteiger partial charge is 0.458 e. The van der Waals surface area contributed by atoms with Gasteiger partial charge in [0.25, 0.3) is 5.91 Å². The molecule has 0 radical (unpaired) electrons. The summed E-state index contributed by atoms with van der Waals surface area (Å²) in [6.07, 6.45) is 2.47. The summed E-state index contributed by atoms with van der Waals surface area (Å²) >= 11 is 3.28. The Hall–Kier alpha value is -0.520. The van der Waals surface area contributed by atoms with Crippen molar-refractivity contribution in [1.29, 1.82) is 0 Å². The number of piperidine rings is 1. The number of carbonyl (C=O) groups excluding carboxylic acids is 1. The van der Waals surface area contributed by atoms with Gasteiger partial charge >= 0.3 is 0 Å². The minimum atomic E-state index is -0.143. The first-order valence-electron chi connectivity index (χ1n) is 5.43. The molecule has 6 heteroatoms. The lowest BCUT2D eigenvalue weighted by atomic mass is 9.95. The lowest BCUT2D eigenvalue weighted by molar-refractivity contribution is 0.0885. The lowest BCUT2D eigenvalue weighted by Gasteiger charge is -2.29. The van der Waals surface area contributed by atoms with Gasteiger partial charge in [-0.3, -0.25) is 4.79 Å². The van der Waals surface area contributed by atoms with E-state index in [2.05, 4.69) is 33.5 Å². The number of rotatable bonds is 2. The molecule has 1 saturated heterocycles. The Bertz CT molecular complexity index is 383. The number of carbonyl (C=O) groups is 1. The normalized spacial score (nSPS) is 23.9. The average Bonchev–Trinajstić information content (AvgIpc) is 2.68. The Morgan fingerprint density at radius 2 is 2.41 bits per heavy atom. The van der Waals surface area contributed by atoms with E-state index in [1.807, 2.05) is 0 Å². The monoisotopic (exact) mass is 322 g/mol. The summed E-state index contributed by atoms with van der Waals surface area (Å²) in [5, 5.41) is 6.31. The molecular weight excluding hydrogens is 307 g/mol. The van der Waals surface area contributed by atoms with Crippen molar-refractivity contribution in [3.8, 4) is 0 Å². The third-order valence-corrected chi connectivity index (χ3v) is 3.55. The topological polar surface area (TPSA) is 54.3 Å². The van der Waals surface area contributed by atoms with Crippen LogP contribution in [0.1, 0.15) is 23.9 Å². The second-order valence-electron chi connectivity index (χ2n) is 4.15. The van der Waals surface area contributed by atoms with Crippen LogP contribution >= 0.6 is 28.3 Å². The van der Waals surface area contributed by atoms with E-state index < -0.39 is 0 Å². The van der Waals surface area contributed by atoms with Gasteiger partial charge in [-0.25, -0.2) is 0 Å². The summed E-state index contributed by atoms with van der Waals surface area (Å²) in [4.78, 5) is 11.9. The maximum Gasteiger partial charge on any atom is 0.288 e. The van der Waals surface area contributed by atoms with Gasteiger partial charge in [0.05, 0.1) is 10.7 Å². The zero-order chi connectivity index (χ0) is 11.5. The van der Waals surface area contributed by atoms with Gasteiger partial charge in [0, 0.05) is 6.04 Å². The highest BCUT2D eigenvalue weighted by Gasteiger charge is 2.24. The van der Waals surface area contributed by atoms with Crippen molar-refractivity contribution in [3.63, 3.8) is 0 Å². The highest BCUT2D eigenvalue weighted by atomic mass is 79.9. The molecule has 0 bridgehead atoms. The molecule has 1 fully saturated rings. The molecular formula is C11H16BrClN2O2. The standard InChI is InChI=1S/C11H15BrN2O2.ClH/c1-7-6-13-4-2-9(7)14-11(15)10-8(12)3-5-16-10;/h3,5,7,9,13H,2,4,6H2,1H3,(H,14,15);1H. The number of nitrogens with one attached hydrogen (secondary N) is 2. The summed E-state index contributed by atoms with van der Waals surface area (Å²) in [6.45, 7) is 4.03. The van der Waals surface area contributed by atoms with Gasteiger partial charge in [-0.1, -0.05) is 6.92 Å². The molecule has 1 aliphatic rings. The Labute approximate surface area is 115 Å². The molecule has 2 atom stereocenters. The van der Waals surface area contributed by atoms with Gasteiger partial charge in [0.2, 0.25) is 5.76 Å². The van der Waals surface area contributed by atoms with E-state index in [0.717, 1.165) is 19.5 Å². The summed E-state index contributed by atoms with van der Waals surface area (Å²) in [7, 11) is 0. The van der Waals surface area contributed by atoms with Crippen LogP contribution in [0.5, 0.6) is 0 Å². The smallest absolute Gasteiger partial charge is 0.288 e. The Morgan fingerprint density at radius 1 is 1.65 bits per heavy atom. The number of halogens is 2. The fraction of sp³-hybridized carbons (Fsp3) is 0.545. The van der Waals surface area contributed by atoms with E-state index in [-0.39, 0.29) is 24.4 Å². The second kappa shape index (κ2) is 6.42. The molecule has 96 valence electrons. The van der Waals surface area contributed by atoms with Crippen molar-refractivity contribution >= 4 is 34.2 Å². The highest BCUT2D eigenvalue weighted by molar-refractivity contribution is 9.10. The third kappa shape index (κ3) is 3.47. The summed E-state index contributed by atoms with van der Waals surface area (Å²) in [6, 6.07) is 1.95. The van der Waals surface area contributed by atoms with Crippen LogP contribution in [0.3, 0.4) is 0 Å². The van der Waals surface area contributed by atoms with E-state index in [0.29, 0.717) is 16.2 Å². The molecule has 2 N–H and O–H groups in total. The van der Waals surface area contributed by atoms with Crippen LogP contribution in [0.4, 0.5) is 0 Å². The van der Waals surface area contributed by atoms with E-state index in [4.69, 9.17) is 4.42 Å². The molecule has 17 heavy (non-hydrogen) atoms. The molecule has 2 heterocycles. The van der Waals surface area contributed by atoms with Crippen LogP contribution in [0.25, 0.3) is 0 Å². The highest BCUT2D eigenvalue weighted by Crippen LogP contribution is 2.18. The lowest BCUT2D eigenvalue weighted by Crippen LogP contribution is -2.48. The Kier molecular flexibility index (Phi) is 5.49. The predicted octanol–water partition coefficient (Wildman–Crippen LogP) is 2.19. The molecule has 2 rings (SSSR count). The van der Waals surface area contributed by atoms with Crippen LogP contribution in [0.2, 0.25) is 0 Å². The minimum absolute atomic E-state index is 0. The summed E-state index contributed by atoms with van der Waals surface area (Å²) < 4.78 is 5.83. The minimum Gasteiger partial charge on any atom is -0.458 e. The predicted molar refractivity (Wildman–Crippen MR) is 71.6 cm³/mol. The first kappa shape index (κ1) is 14.5. The van der Waals surface area contributed by atoms with Gasteiger partial charge in [-0.2, -0.15) is 0 Å². The van der Waals surface area contributed by atoms with Crippen molar-refractivity contribution in [2.24, 2.45) is 5.92 Å². The fourth-order valence-corrected chi connectivity index (χ4v) is 2.30. The molecule has 1 aliphatic heterocycles. The van der Waals surface area contributed by atoms with E-state index in [1.54, 1.807) is 6.07 Å². The molecule has 1 aromatic heterocycles. The van der Waals surface area contributed by atoms with E-state index in [9.17, 15) is 4.79 Å². The molecule has 0 spiro atoms. The van der Waals surface area contributed by atoms with E-state index in [1.165, 1.54) is 6.26 Å². The van der Waals surface area contributed by atoms with Crippen LogP contribution < -0.4 is 10.6 Å². The van der Waals surface area contributed by atoms with Crippen molar-refractivity contribution in [3.05, 3.63) is 22.6 Å². The molecule has 4 nitrogen and oxygen atoms in total. The van der Waals surface area contributed by atoms with Crippen molar-refractivity contribution < 1.29 is 9.21 Å². The van der Waals surface area contributed by atoms with Crippen molar-refractivity contribution in [2.45, 2.75) is 19.4 Å². The SMILES string of the molecule is CC1CNCCC1NC(=O)c1occc1Br.Cl. The number of amides is 1. The molecule has 1 amide bonds. The quantitative estimate of drug-likeness (QED) is 0.877. The fourth-order valence-electron chi connectivity index (χ4n) is 1.92. The van der Waals surface area contributed by atoms with Gasteiger partial charge in [0.15, 0.2) is 0 Å². The van der Waals surface area contributed by atoms with Gasteiger partial charge in [-0.05, 0) is 47.4 Å². The second-order valence-corrected chi connectivity index (χ2v) is 5.00. The maximum absolute atomic E-state index is 11.9. The van der Waals surface area contributed by atoms with E-state index >= 15 is 0 Å². The van der Waals surface area contributed by atoms with Gasteiger partial charge < -0.3 is 15.1 Å². The van der Waals surface area contributed by atoms with Crippen LogP contribution in [0.15, 0.2) is 21.2 Å². The molecule has 0 aromatic carbocycles. The zero-order valence-electron chi connectivity index (χ0n) is 9.53. The zero-order valence-corrected chi connectivity index (χ0v) is 11.9. The van der Waals surface area contributed by atoms with Crippen LogP contribution in [-0.4, -0.2) is 25.0 Å². The van der Waals surface area contributed by atoms with Crippen LogP contribution in [0, 0.1) is 5.92 Å². The molecule has 0 saturated carbocycles. The summed E-state index contributed by atoms with van der Waals surface area (Å²) in [5.74, 6) is 0.660. The Balaban J connectivity index is 0.00000144. The number of hydrogen-bond acceptors (Lipinski definition) is 3. The van der Waals surface area contributed by atoms with Crippen molar-refractivity contribution in [1.82, 2.24) is 10.6 Å². The summed E-state index contributed by atoms with van der Waals surface area (Å²) in [5.41, 5.74) is 0. The maximum atomic E-state index is 11.9. The van der Waals surface area contributed by atoms with Crippen LogP contribution in [-0.2, 0) is 0 Å². The first-order valence-corrected chi connectivity index (χ1v) is 6.22. The Morgan fingerprint density at radius 3 is 3.00 bits per heavy atom. The number of furan rings is 1. The average molecular weight is 324 g/mol. The molecule has 2 unspecified atom stereocenters. The van der Waals surface area contributed by atoms with Gasteiger partial charge in [-0.15, -0.1) is 12.4 Å². The van der Waals surface area contributed by atoms with Gasteiger partial charge in [0.1, 0.15) is 0 Å². The van der Waals surface area contributed by atoms with Crippen molar-refractivity contribution in [2.75, 3.05) is 13.1 Å². The first-order chi connectivity index (χ1) is 7.68.